The first kappa shape index (κ1) is 12.5. The molecule has 1 rings (SSSR count). The van der Waals surface area contributed by atoms with Crippen molar-refractivity contribution in [1.29, 1.82) is 0 Å². The van der Waals surface area contributed by atoms with Gasteiger partial charge in [-0.25, -0.2) is 9.78 Å². The van der Waals surface area contributed by atoms with Gasteiger partial charge in [0.05, 0.1) is 7.11 Å². The van der Waals surface area contributed by atoms with Crippen molar-refractivity contribution in [2.24, 2.45) is 0 Å². The van der Waals surface area contributed by atoms with E-state index in [0.717, 1.165) is 10.8 Å². The number of thioether (sulfide) groups is 1. The van der Waals surface area contributed by atoms with Crippen LogP contribution in [0.3, 0.4) is 0 Å². The second-order valence-electron chi connectivity index (χ2n) is 4.02. The molecule has 0 radical (unpaired) electrons. The number of esters is 1. The fraction of sp³-hybridized carbons (Fsp3) is 0.600. The molecule has 84 valence electrons. The average molecular weight is 245 g/mol. The summed E-state index contributed by atoms with van der Waals surface area (Å²) in [6.07, 6.45) is 0. The summed E-state index contributed by atoms with van der Waals surface area (Å²) in [6.45, 7) is 6.48. The molecule has 0 saturated heterocycles. The number of hydrogen-bond acceptors (Lipinski definition) is 5. The molecule has 0 amide bonds. The summed E-state index contributed by atoms with van der Waals surface area (Å²) < 4.78 is 4.81. The predicted octanol–water partition coefficient (Wildman–Crippen LogP) is 2.96. The SMILES string of the molecule is COC(=O)c1csc(CSC(C)(C)C)n1. The first-order valence-corrected chi connectivity index (χ1v) is 6.45. The van der Waals surface area contributed by atoms with Crippen LogP contribution in [0.15, 0.2) is 5.38 Å². The highest BCUT2D eigenvalue weighted by Crippen LogP contribution is 2.28. The Morgan fingerprint density at radius 1 is 1.60 bits per heavy atom. The van der Waals surface area contributed by atoms with E-state index in [1.807, 2.05) is 11.8 Å². The molecule has 0 aliphatic heterocycles. The summed E-state index contributed by atoms with van der Waals surface area (Å²) in [4.78, 5) is 15.4. The van der Waals surface area contributed by atoms with Gasteiger partial charge in [0.1, 0.15) is 5.01 Å². The quantitative estimate of drug-likeness (QED) is 0.767. The van der Waals surface area contributed by atoms with Crippen molar-refractivity contribution >= 4 is 29.1 Å². The highest BCUT2D eigenvalue weighted by Gasteiger charge is 2.14. The maximum Gasteiger partial charge on any atom is 0.357 e. The van der Waals surface area contributed by atoms with E-state index in [-0.39, 0.29) is 10.7 Å². The molecule has 0 aromatic carbocycles. The minimum absolute atomic E-state index is 0.219. The summed E-state index contributed by atoms with van der Waals surface area (Å²) in [7, 11) is 1.37. The van der Waals surface area contributed by atoms with Gasteiger partial charge in [-0.2, -0.15) is 0 Å². The first-order valence-electron chi connectivity index (χ1n) is 4.59. The Balaban J connectivity index is 2.57. The minimum atomic E-state index is -0.363. The van der Waals surface area contributed by atoms with Crippen molar-refractivity contribution in [3.8, 4) is 0 Å². The number of methoxy groups -OCH3 is 1. The Kier molecular flexibility index (Phi) is 4.16. The van der Waals surface area contributed by atoms with Crippen molar-refractivity contribution < 1.29 is 9.53 Å². The summed E-state index contributed by atoms with van der Waals surface area (Å²) in [5, 5.41) is 2.71. The number of carbonyl (C=O) groups is 1. The van der Waals surface area contributed by atoms with Gasteiger partial charge in [-0.05, 0) is 0 Å². The fourth-order valence-electron chi connectivity index (χ4n) is 0.854. The molecule has 0 unspecified atom stereocenters. The highest BCUT2D eigenvalue weighted by molar-refractivity contribution is 7.99. The van der Waals surface area contributed by atoms with Gasteiger partial charge in [0, 0.05) is 15.9 Å². The van der Waals surface area contributed by atoms with Crippen LogP contribution in [0.1, 0.15) is 36.3 Å². The van der Waals surface area contributed by atoms with E-state index in [0.29, 0.717) is 5.69 Å². The highest BCUT2D eigenvalue weighted by atomic mass is 32.2. The van der Waals surface area contributed by atoms with Crippen molar-refractivity contribution in [2.75, 3.05) is 7.11 Å². The minimum Gasteiger partial charge on any atom is -0.464 e. The van der Waals surface area contributed by atoms with Crippen LogP contribution in [-0.2, 0) is 10.5 Å². The number of thiazole rings is 1. The van der Waals surface area contributed by atoms with Gasteiger partial charge in [-0.1, -0.05) is 20.8 Å². The number of ether oxygens (including phenoxy) is 1. The molecule has 1 aromatic rings. The van der Waals surface area contributed by atoms with Gasteiger partial charge in [0.15, 0.2) is 5.69 Å². The summed E-state index contributed by atoms with van der Waals surface area (Å²) in [5.74, 6) is 0.476. The summed E-state index contributed by atoms with van der Waals surface area (Å²) in [6, 6.07) is 0. The lowest BCUT2D eigenvalue weighted by molar-refractivity contribution is 0.0595. The predicted molar refractivity (Wildman–Crippen MR) is 64.5 cm³/mol. The van der Waals surface area contributed by atoms with E-state index in [1.165, 1.54) is 18.4 Å². The van der Waals surface area contributed by atoms with Gasteiger partial charge in [-0.15, -0.1) is 23.1 Å². The van der Waals surface area contributed by atoms with Crippen molar-refractivity contribution in [3.05, 3.63) is 16.1 Å². The molecule has 15 heavy (non-hydrogen) atoms. The Labute approximate surface area is 98.2 Å². The zero-order valence-corrected chi connectivity index (χ0v) is 11.0. The van der Waals surface area contributed by atoms with Crippen LogP contribution in [-0.4, -0.2) is 22.8 Å². The van der Waals surface area contributed by atoms with Gasteiger partial charge < -0.3 is 4.74 Å². The fourth-order valence-corrected chi connectivity index (χ4v) is 2.47. The van der Waals surface area contributed by atoms with Crippen LogP contribution in [0.2, 0.25) is 0 Å². The lowest BCUT2D eigenvalue weighted by Gasteiger charge is -2.15. The monoisotopic (exact) mass is 245 g/mol. The average Bonchev–Trinajstić information content (AvgIpc) is 2.61. The molecule has 0 aliphatic carbocycles. The molecule has 0 fully saturated rings. The van der Waals surface area contributed by atoms with Crippen LogP contribution < -0.4 is 0 Å². The molecule has 0 N–H and O–H groups in total. The third kappa shape index (κ3) is 4.22. The largest absolute Gasteiger partial charge is 0.464 e. The molecule has 0 spiro atoms. The third-order valence-electron chi connectivity index (χ3n) is 1.57. The van der Waals surface area contributed by atoms with E-state index < -0.39 is 0 Å². The van der Waals surface area contributed by atoms with E-state index in [1.54, 1.807) is 5.38 Å². The zero-order chi connectivity index (χ0) is 11.5. The molecular weight excluding hydrogens is 230 g/mol. The Bertz CT molecular complexity index is 341. The molecule has 0 bridgehead atoms. The normalized spacial score (nSPS) is 11.5. The van der Waals surface area contributed by atoms with E-state index in [9.17, 15) is 4.79 Å². The van der Waals surface area contributed by atoms with E-state index in [4.69, 9.17) is 0 Å². The number of carbonyl (C=O) groups excluding carboxylic acids is 1. The van der Waals surface area contributed by atoms with E-state index >= 15 is 0 Å². The summed E-state index contributed by atoms with van der Waals surface area (Å²) >= 11 is 3.32. The van der Waals surface area contributed by atoms with Crippen LogP contribution >= 0.6 is 23.1 Å². The topological polar surface area (TPSA) is 39.2 Å². The molecule has 1 aromatic heterocycles. The lowest BCUT2D eigenvalue weighted by Crippen LogP contribution is -2.07. The maximum atomic E-state index is 11.1. The molecule has 0 atom stereocenters. The number of nitrogens with zero attached hydrogens (tertiary/aromatic N) is 1. The van der Waals surface area contributed by atoms with Crippen molar-refractivity contribution in [3.63, 3.8) is 0 Å². The number of hydrogen-bond donors (Lipinski definition) is 0. The van der Waals surface area contributed by atoms with E-state index in [2.05, 4.69) is 30.5 Å². The number of aromatic nitrogens is 1. The molecule has 0 saturated carbocycles. The van der Waals surface area contributed by atoms with Crippen LogP contribution in [0, 0.1) is 0 Å². The number of rotatable bonds is 3. The molecule has 5 heteroatoms. The van der Waals surface area contributed by atoms with Crippen LogP contribution in [0.5, 0.6) is 0 Å². The zero-order valence-electron chi connectivity index (χ0n) is 9.36. The Morgan fingerprint density at radius 3 is 2.80 bits per heavy atom. The molecule has 0 aliphatic rings. The third-order valence-corrected chi connectivity index (χ3v) is 3.89. The lowest BCUT2D eigenvalue weighted by atomic mass is 10.3. The summed E-state index contributed by atoms with van der Waals surface area (Å²) in [5.41, 5.74) is 0.409. The van der Waals surface area contributed by atoms with Gasteiger partial charge in [-0.3, -0.25) is 0 Å². The smallest absolute Gasteiger partial charge is 0.357 e. The molecule has 3 nitrogen and oxygen atoms in total. The van der Waals surface area contributed by atoms with Gasteiger partial charge >= 0.3 is 5.97 Å². The standard InChI is InChI=1S/C10H15NO2S2/c1-10(2,3)15-6-8-11-7(5-14-8)9(12)13-4/h5H,6H2,1-4H3. The second-order valence-corrected chi connectivity index (χ2v) is 6.76. The molecule has 1 heterocycles. The van der Waals surface area contributed by atoms with Gasteiger partial charge in [0.2, 0.25) is 0 Å². The van der Waals surface area contributed by atoms with Crippen molar-refractivity contribution in [2.45, 2.75) is 31.3 Å². The maximum absolute atomic E-state index is 11.1. The van der Waals surface area contributed by atoms with Crippen LogP contribution in [0.25, 0.3) is 0 Å². The van der Waals surface area contributed by atoms with Crippen molar-refractivity contribution in [1.82, 2.24) is 4.98 Å². The Hall–Kier alpha value is -0.550. The van der Waals surface area contributed by atoms with Crippen LogP contribution in [0.4, 0.5) is 0 Å². The van der Waals surface area contributed by atoms with Gasteiger partial charge in [0.25, 0.3) is 0 Å². The molecular formula is C10H15NO2S2. The first-order chi connectivity index (χ1) is 6.92. The Morgan fingerprint density at radius 2 is 2.27 bits per heavy atom. The second kappa shape index (κ2) is 4.99.